The predicted molar refractivity (Wildman–Crippen MR) is 136 cm³/mol. The minimum Gasteiger partial charge on any atom is -0.507 e. The van der Waals surface area contributed by atoms with Crippen molar-refractivity contribution in [2.24, 2.45) is 0 Å². The van der Waals surface area contributed by atoms with E-state index in [0.29, 0.717) is 34.3 Å². The van der Waals surface area contributed by atoms with E-state index in [9.17, 15) is 23.8 Å². The molecule has 0 radical (unpaired) electrons. The molecule has 0 bridgehead atoms. The number of fused-ring (bicyclic) bond motifs is 1. The number of nitrogens with zero attached hydrogens (tertiary/aromatic N) is 1. The number of aromatic hydroxyl groups is 1. The van der Waals surface area contributed by atoms with E-state index in [-0.39, 0.29) is 22.1 Å². The maximum Gasteiger partial charge on any atom is 0.337 e. The zero-order valence-electron chi connectivity index (χ0n) is 20.1. The number of hydrogen-bond donors (Lipinski definition) is 2. The molecule has 0 atom stereocenters. The molecule has 1 saturated carbocycles. The standard InChI is InChI=1S/C28H24ClF2NO5/c1-36-14-28(8-3-9-28)26-24(15-4-6-18(27(34)35)19(29)10-15)25-21(11-16(30)12-22(25)33)32(26)17-5-7-20(31)23(13-17)37-2/h4-7,10-13,33H,3,8-9,14H2,1-2H3,(H,34,35). The summed E-state index contributed by atoms with van der Waals surface area (Å²) in [6, 6.07) is 11.2. The van der Waals surface area contributed by atoms with Gasteiger partial charge in [-0.25, -0.2) is 13.6 Å². The second kappa shape index (κ2) is 9.36. The van der Waals surface area contributed by atoms with E-state index in [4.69, 9.17) is 21.1 Å². The van der Waals surface area contributed by atoms with E-state index < -0.39 is 23.0 Å². The number of ether oxygens (including phenoxy) is 2. The number of carbonyl (C=O) groups is 1. The van der Waals surface area contributed by atoms with E-state index in [0.717, 1.165) is 31.0 Å². The van der Waals surface area contributed by atoms with Crippen molar-refractivity contribution < 1.29 is 33.3 Å². The Bertz CT molecular complexity index is 1540. The fourth-order valence-corrected chi connectivity index (χ4v) is 5.64. The third-order valence-electron chi connectivity index (χ3n) is 7.13. The van der Waals surface area contributed by atoms with Crippen molar-refractivity contribution in [2.75, 3.05) is 20.8 Å². The number of phenols is 1. The Morgan fingerprint density at radius 3 is 2.46 bits per heavy atom. The third-order valence-corrected chi connectivity index (χ3v) is 7.44. The fourth-order valence-electron chi connectivity index (χ4n) is 5.37. The lowest BCUT2D eigenvalue weighted by atomic mass is 9.65. The van der Waals surface area contributed by atoms with Crippen LogP contribution in [0.2, 0.25) is 5.02 Å². The summed E-state index contributed by atoms with van der Waals surface area (Å²) in [5.74, 6) is -2.65. The Kier molecular flexibility index (Phi) is 6.33. The lowest BCUT2D eigenvalue weighted by Gasteiger charge is -2.43. The Morgan fingerprint density at radius 2 is 1.86 bits per heavy atom. The Balaban J connectivity index is 1.95. The van der Waals surface area contributed by atoms with Crippen LogP contribution in [0.3, 0.4) is 0 Å². The van der Waals surface area contributed by atoms with Gasteiger partial charge in [0.1, 0.15) is 11.6 Å². The van der Waals surface area contributed by atoms with Crippen LogP contribution in [0.1, 0.15) is 35.3 Å². The molecule has 2 N–H and O–H groups in total. The van der Waals surface area contributed by atoms with Gasteiger partial charge in [-0.3, -0.25) is 0 Å². The van der Waals surface area contributed by atoms with Crippen LogP contribution in [0.25, 0.3) is 27.7 Å². The normalized spacial score (nSPS) is 14.5. The van der Waals surface area contributed by atoms with Crippen molar-refractivity contribution in [1.82, 2.24) is 4.57 Å². The van der Waals surface area contributed by atoms with Crippen molar-refractivity contribution in [3.63, 3.8) is 0 Å². The molecule has 0 amide bonds. The molecule has 9 heteroatoms. The molecule has 1 aliphatic rings. The first-order valence-corrected chi connectivity index (χ1v) is 12.0. The molecule has 6 nitrogen and oxygen atoms in total. The number of halogens is 3. The summed E-state index contributed by atoms with van der Waals surface area (Å²) in [5, 5.41) is 20.9. The largest absolute Gasteiger partial charge is 0.507 e. The van der Waals surface area contributed by atoms with Gasteiger partial charge in [-0.1, -0.05) is 24.1 Å². The summed E-state index contributed by atoms with van der Waals surface area (Å²) in [7, 11) is 2.96. The number of aromatic nitrogens is 1. The molecular formula is C28H24ClF2NO5. The minimum absolute atomic E-state index is 0.00994. The maximum absolute atomic E-state index is 14.7. The first-order valence-electron chi connectivity index (χ1n) is 11.6. The van der Waals surface area contributed by atoms with Crippen molar-refractivity contribution >= 4 is 28.5 Å². The van der Waals surface area contributed by atoms with E-state index in [1.807, 2.05) is 0 Å². The molecule has 192 valence electrons. The predicted octanol–water partition coefficient (Wildman–Crippen LogP) is 6.71. The van der Waals surface area contributed by atoms with Gasteiger partial charge in [0.15, 0.2) is 11.6 Å². The molecule has 0 aliphatic heterocycles. The van der Waals surface area contributed by atoms with Gasteiger partial charge in [0.2, 0.25) is 0 Å². The van der Waals surface area contributed by atoms with Crippen LogP contribution >= 0.6 is 11.6 Å². The smallest absolute Gasteiger partial charge is 0.337 e. The number of methoxy groups -OCH3 is 2. The molecular weight excluding hydrogens is 504 g/mol. The van der Waals surface area contributed by atoms with Crippen LogP contribution in [0.4, 0.5) is 8.78 Å². The second-order valence-electron chi connectivity index (χ2n) is 9.26. The van der Waals surface area contributed by atoms with Gasteiger partial charge in [-0.2, -0.15) is 0 Å². The number of hydrogen-bond acceptors (Lipinski definition) is 4. The van der Waals surface area contributed by atoms with Gasteiger partial charge >= 0.3 is 5.97 Å². The van der Waals surface area contributed by atoms with Crippen LogP contribution in [0, 0.1) is 11.6 Å². The fraction of sp³-hybridized carbons (Fsp3) is 0.250. The number of phenolic OH excluding ortho intramolecular Hbond substituents is 1. The zero-order chi connectivity index (χ0) is 26.5. The molecule has 5 rings (SSSR count). The summed E-state index contributed by atoms with van der Waals surface area (Å²) in [6.07, 6.45) is 2.44. The monoisotopic (exact) mass is 527 g/mol. The second-order valence-corrected chi connectivity index (χ2v) is 9.67. The van der Waals surface area contributed by atoms with Gasteiger partial charge in [0.25, 0.3) is 0 Å². The Hall–Kier alpha value is -3.62. The molecule has 1 heterocycles. The summed E-state index contributed by atoms with van der Waals surface area (Å²) in [4.78, 5) is 11.6. The molecule has 0 saturated heterocycles. The van der Waals surface area contributed by atoms with Crippen molar-refractivity contribution in [2.45, 2.75) is 24.7 Å². The maximum atomic E-state index is 14.7. The molecule has 0 spiro atoms. The van der Waals surface area contributed by atoms with Crippen LogP contribution in [-0.4, -0.2) is 41.6 Å². The SMILES string of the molecule is COCC1(c2c(-c3ccc(C(=O)O)c(Cl)c3)c3c(O)cc(F)cc3n2-c2ccc(F)c(OC)c2)CCC1. The number of aromatic carboxylic acids is 1. The number of carboxylic acids is 1. The minimum atomic E-state index is -1.17. The molecule has 4 aromatic rings. The lowest BCUT2D eigenvalue weighted by molar-refractivity contribution is 0.0697. The molecule has 3 aromatic carbocycles. The Morgan fingerprint density at radius 1 is 1.11 bits per heavy atom. The van der Waals surface area contributed by atoms with Crippen LogP contribution in [0.15, 0.2) is 48.5 Å². The summed E-state index contributed by atoms with van der Waals surface area (Å²) in [6.45, 7) is 0.346. The van der Waals surface area contributed by atoms with E-state index in [2.05, 4.69) is 0 Å². The molecule has 1 fully saturated rings. The summed E-state index contributed by atoms with van der Waals surface area (Å²) < 4.78 is 41.7. The van der Waals surface area contributed by atoms with Gasteiger partial charge in [-0.15, -0.1) is 0 Å². The summed E-state index contributed by atoms with van der Waals surface area (Å²) in [5.41, 5.74) is 2.14. The van der Waals surface area contributed by atoms with Gasteiger partial charge in [0, 0.05) is 41.6 Å². The highest BCUT2D eigenvalue weighted by atomic mass is 35.5. The van der Waals surface area contributed by atoms with Crippen molar-refractivity contribution in [3.8, 4) is 28.3 Å². The van der Waals surface area contributed by atoms with Gasteiger partial charge in [0.05, 0.1) is 35.2 Å². The molecule has 0 unspecified atom stereocenters. The van der Waals surface area contributed by atoms with E-state index >= 15 is 0 Å². The highest BCUT2D eigenvalue weighted by molar-refractivity contribution is 6.34. The van der Waals surface area contributed by atoms with Gasteiger partial charge in [-0.05, 0) is 48.7 Å². The van der Waals surface area contributed by atoms with E-state index in [1.54, 1.807) is 23.8 Å². The van der Waals surface area contributed by atoms with Crippen LogP contribution < -0.4 is 4.74 Å². The zero-order valence-corrected chi connectivity index (χ0v) is 20.9. The third kappa shape index (κ3) is 4.01. The molecule has 37 heavy (non-hydrogen) atoms. The number of benzene rings is 3. The summed E-state index contributed by atoms with van der Waals surface area (Å²) >= 11 is 6.35. The first-order chi connectivity index (χ1) is 17.7. The first kappa shape index (κ1) is 25.0. The number of carboxylic acid groups (broad SMARTS) is 1. The van der Waals surface area contributed by atoms with Crippen LogP contribution in [0.5, 0.6) is 11.5 Å². The average Bonchev–Trinajstić information content (AvgIpc) is 3.16. The average molecular weight is 528 g/mol. The topological polar surface area (TPSA) is 80.9 Å². The highest BCUT2D eigenvalue weighted by Gasteiger charge is 2.45. The highest BCUT2D eigenvalue weighted by Crippen LogP contribution is 2.53. The van der Waals surface area contributed by atoms with Crippen molar-refractivity contribution in [3.05, 3.63) is 76.4 Å². The molecule has 1 aliphatic carbocycles. The van der Waals surface area contributed by atoms with Gasteiger partial charge < -0.3 is 24.3 Å². The van der Waals surface area contributed by atoms with Crippen molar-refractivity contribution in [1.29, 1.82) is 0 Å². The lowest BCUT2D eigenvalue weighted by Crippen LogP contribution is -2.41. The number of rotatable bonds is 7. The van der Waals surface area contributed by atoms with Crippen LogP contribution in [-0.2, 0) is 10.2 Å². The Labute approximate surface area is 216 Å². The molecule has 1 aromatic heterocycles. The quantitative estimate of drug-likeness (QED) is 0.279. The van der Waals surface area contributed by atoms with E-state index in [1.165, 1.54) is 37.4 Å².